The first-order valence-electron chi connectivity index (χ1n) is 4.04. The minimum atomic E-state index is -4.66. The van der Waals surface area contributed by atoms with Gasteiger partial charge in [0.1, 0.15) is 0 Å². The zero-order valence-corrected chi connectivity index (χ0v) is 13.0. The monoisotopic (exact) mass is 430 g/mol. The molecule has 0 saturated heterocycles. The van der Waals surface area contributed by atoms with E-state index in [1.165, 1.54) is 6.92 Å². The number of carbonyl (C=O) groups is 1. The highest BCUT2D eigenvalue weighted by atomic mass is 80.0. The molecule has 0 saturated carbocycles. The second-order valence-electron chi connectivity index (χ2n) is 2.72. The summed E-state index contributed by atoms with van der Waals surface area (Å²) in [5.41, 5.74) is -1.60. The van der Waals surface area contributed by atoms with Crippen LogP contribution >= 0.6 is 47.8 Å². The molecule has 0 N–H and O–H groups in total. The van der Waals surface area contributed by atoms with Crippen LogP contribution in [0, 0.1) is 0 Å². The third kappa shape index (κ3) is 4.75. The molecule has 0 amide bonds. The Labute approximate surface area is 116 Å². The van der Waals surface area contributed by atoms with Crippen LogP contribution in [0.5, 0.6) is 0 Å². The first kappa shape index (κ1) is 16.4. The van der Waals surface area contributed by atoms with Crippen LogP contribution in [0.25, 0.3) is 0 Å². The average Bonchev–Trinajstić information content (AvgIpc) is 1.98. The van der Waals surface area contributed by atoms with Gasteiger partial charge in [-0.25, -0.2) is 4.79 Å². The van der Waals surface area contributed by atoms with E-state index < -0.39 is 25.4 Å². The maximum absolute atomic E-state index is 12.7. The highest BCUT2D eigenvalue weighted by Gasteiger charge is 2.47. The van der Waals surface area contributed by atoms with Gasteiger partial charge < -0.3 is 4.74 Å². The molecular weight excluding hydrogens is 425 g/mol. The normalized spacial score (nSPS) is 14.5. The topological polar surface area (TPSA) is 26.3 Å². The SMILES string of the molecule is CCOC(=O)/C(C)=C(\C(F)(F)F)C(Br)(Br)Br. The summed E-state index contributed by atoms with van der Waals surface area (Å²) in [6.45, 7) is 2.59. The van der Waals surface area contributed by atoms with Gasteiger partial charge >= 0.3 is 12.1 Å². The van der Waals surface area contributed by atoms with Crippen LogP contribution in [-0.4, -0.2) is 20.9 Å². The molecule has 0 aromatic carbocycles. The number of esters is 1. The Kier molecular flexibility index (Phi) is 6.02. The van der Waals surface area contributed by atoms with E-state index in [0.29, 0.717) is 0 Å². The van der Waals surface area contributed by atoms with Crippen molar-refractivity contribution in [2.45, 2.75) is 22.2 Å². The fourth-order valence-electron chi connectivity index (χ4n) is 0.927. The van der Waals surface area contributed by atoms with Gasteiger partial charge in [-0.1, -0.05) is 47.8 Å². The maximum atomic E-state index is 12.7. The zero-order chi connectivity index (χ0) is 13.1. The third-order valence-corrected chi connectivity index (χ3v) is 2.71. The number of carbonyl (C=O) groups excluding carboxylic acids is 1. The van der Waals surface area contributed by atoms with Gasteiger partial charge in [0.2, 0.25) is 0 Å². The number of allylic oxidation sites excluding steroid dienone is 1. The Hall–Kier alpha value is 0.440. The first-order valence-corrected chi connectivity index (χ1v) is 6.42. The van der Waals surface area contributed by atoms with Crippen LogP contribution < -0.4 is 0 Å². The highest BCUT2D eigenvalue weighted by molar-refractivity contribution is 9.39. The summed E-state index contributed by atoms with van der Waals surface area (Å²) in [6, 6.07) is 0. The van der Waals surface area contributed by atoms with Crippen LogP contribution in [0.15, 0.2) is 11.1 Å². The van der Waals surface area contributed by atoms with E-state index in [4.69, 9.17) is 0 Å². The molecule has 0 heterocycles. The van der Waals surface area contributed by atoms with E-state index in [0.717, 1.165) is 6.92 Å². The fraction of sp³-hybridized carbons (Fsp3) is 0.625. The molecule has 16 heavy (non-hydrogen) atoms. The second kappa shape index (κ2) is 5.86. The van der Waals surface area contributed by atoms with Crippen molar-refractivity contribution in [3.8, 4) is 0 Å². The maximum Gasteiger partial charge on any atom is 0.416 e. The van der Waals surface area contributed by atoms with E-state index >= 15 is 0 Å². The van der Waals surface area contributed by atoms with E-state index in [2.05, 4.69) is 52.5 Å². The smallest absolute Gasteiger partial charge is 0.416 e. The van der Waals surface area contributed by atoms with Gasteiger partial charge in [0, 0.05) is 5.57 Å². The first-order chi connectivity index (χ1) is 7.01. The molecule has 0 aliphatic rings. The Morgan fingerprint density at radius 1 is 1.25 bits per heavy atom. The van der Waals surface area contributed by atoms with Crippen molar-refractivity contribution in [3.63, 3.8) is 0 Å². The molecule has 0 atom stereocenters. The van der Waals surface area contributed by atoms with Crippen LogP contribution in [0.2, 0.25) is 0 Å². The quantitative estimate of drug-likeness (QED) is 0.370. The number of ether oxygens (including phenoxy) is 1. The van der Waals surface area contributed by atoms with Gasteiger partial charge in [-0.3, -0.25) is 0 Å². The number of halogens is 6. The lowest BCUT2D eigenvalue weighted by Gasteiger charge is -2.22. The van der Waals surface area contributed by atoms with Crippen molar-refractivity contribution < 1.29 is 22.7 Å². The molecule has 94 valence electrons. The molecule has 0 spiro atoms. The molecule has 8 heteroatoms. The zero-order valence-electron chi connectivity index (χ0n) is 8.29. The van der Waals surface area contributed by atoms with Crippen LogP contribution in [0.4, 0.5) is 13.2 Å². The average molecular weight is 433 g/mol. The Morgan fingerprint density at radius 2 is 1.69 bits per heavy atom. The lowest BCUT2D eigenvalue weighted by Crippen LogP contribution is -2.26. The minimum absolute atomic E-state index is 0.0150. The molecule has 0 rings (SSSR count). The molecule has 0 bridgehead atoms. The molecule has 0 unspecified atom stereocenters. The van der Waals surface area contributed by atoms with Crippen molar-refractivity contribution in [1.29, 1.82) is 0 Å². The van der Waals surface area contributed by atoms with Gasteiger partial charge in [-0.15, -0.1) is 0 Å². The molecule has 0 aromatic rings. The lowest BCUT2D eigenvalue weighted by atomic mass is 10.1. The van der Waals surface area contributed by atoms with E-state index in [-0.39, 0.29) is 6.61 Å². The van der Waals surface area contributed by atoms with Crippen molar-refractivity contribution in [2.24, 2.45) is 0 Å². The summed E-state index contributed by atoms with van der Waals surface area (Å²) in [4.78, 5) is 11.2. The van der Waals surface area contributed by atoms with Gasteiger partial charge in [-0.05, 0) is 13.8 Å². The van der Waals surface area contributed by atoms with E-state index in [1.54, 1.807) is 0 Å². The van der Waals surface area contributed by atoms with E-state index in [1.807, 2.05) is 0 Å². The van der Waals surface area contributed by atoms with Crippen LogP contribution in [-0.2, 0) is 9.53 Å². The van der Waals surface area contributed by atoms with E-state index in [9.17, 15) is 18.0 Å². The summed E-state index contributed by atoms with van der Waals surface area (Å²) in [6.07, 6.45) is -4.66. The summed E-state index contributed by atoms with van der Waals surface area (Å²) >= 11 is 8.25. The molecule has 0 aliphatic heterocycles. The molecule has 2 nitrogen and oxygen atoms in total. The van der Waals surface area contributed by atoms with Gasteiger partial charge in [0.05, 0.1) is 12.2 Å². The summed E-state index contributed by atoms with van der Waals surface area (Å²) in [5.74, 6) is -1.00. The second-order valence-corrected chi connectivity index (χ2v) is 9.48. The predicted molar refractivity (Wildman–Crippen MR) is 64.9 cm³/mol. The van der Waals surface area contributed by atoms with Crippen molar-refractivity contribution in [3.05, 3.63) is 11.1 Å². The number of rotatable bonds is 2. The minimum Gasteiger partial charge on any atom is -0.463 e. The highest BCUT2D eigenvalue weighted by Crippen LogP contribution is 2.49. The Morgan fingerprint density at radius 3 is 1.94 bits per heavy atom. The third-order valence-electron chi connectivity index (χ3n) is 1.52. The lowest BCUT2D eigenvalue weighted by molar-refractivity contribution is -0.139. The summed E-state index contributed by atoms with van der Waals surface area (Å²) < 4.78 is 40.9. The van der Waals surface area contributed by atoms with Crippen molar-refractivity contribution in [1.82, 2.24) is 0 Å². The van der Waals surface area contributed by atoms with Gasteiger partial charge in [0.25, 0.3) is 0 Å². The van der Waals surface area contributed by atoms with Crippen molar-refractivity contribution in [2.75, 3.05) is 6.61 Å². The van der Waals surface area contributed by atoms with Crippen LogP contribution in [0.3, 0.4) is 0 Å². The molecule has 0 fully saturated rings. The van der Waals surface area contributed by atoms with Crippen LogP contribution in [0.1, 0.15) is 13.8 Å². The molecule has 0 radical (unpaired) electrons. The molecule has 0 aliphatic carbocycles. The van der Waals surface area contributed by atoms with Gasteiger partial charge in [-0.2, -0.15) is 13.2 Å². The molecular formula is C8H8Br3F3O2. The number of hydrogen-bond donors (Lipinski definition) is 0. The Balaban J connectivity index is 5.49. The molecule has 0 aromatic heterocycles. The van der Waals surface area contributed by atoms with Crippen molar-refractivity contribution >= 4 is 53.8 Å². The van der Waals surface area contributed by atoms with Gasteiger partial charge in [0.15, 0.2) is 2.14 Å². The predicted octanol–water partition coefficient (Wildman–Crippen LogP) is 4.27. The summed E-state index contributed by atoms with van der Waals surface area (Å²) in [5, 5.41) is 0. The fourth-order valence-corrected chi connectivity index (χ4v) is 2.49. The number of alkyl halides is 6. The Bertz CT molecular complexity index is 289. The summed E-state index contributed by atoms with van der Waals surface area (Å²) in [7, 11) is 0. The largest absolute Gasteiger partial charge is 0.463 e. The standard InChI is InChI=1S/C8H8Br3F3O2/c1-3-16-6(15)4(2)5(7(9,10)11)8(12,13)14/h3H2,1-2H3/b5-4-. The number of hydrogen-bond acceptors (Lipinski definition) is 2.